The largest absolute Gasteiger partial charge is 0.403 e. The second kappa shape index (κ2) is 4.65. The number of aromatic nitrogens is 2. The van der Waals surface area contributed by atoms with Crippen molar-refractivity contribution in [3.05, 3.63) is 56.0 Å². The van der Waals surface area contributed by atoms with E-state index in [0.29, 0.717) is 21.4 Å². The maximum Gasteiger partial charge on any atom is 0.337 e. The number of benzene rings is 1. The second-order valence-electron chi connectivity index (χ2n) is 4.52. The van der Waals surface area contributed by atoms with Crippen LogP contribution in [0, 0.1) is 13.8 Å². The van der Waals surface area contributed by atoms with Crippen molar-refractivity contribution in [1.29, 1.82) is 0 Å². The molecule has 0 aliphatic heterocycles. The highest BCUT2D eigenvalue weighted by atomic mass is 35.5. The van der Waals surface area contributed by atoms with E-state index in [4.69, 9.17) is 27.6 Å². The number of aryl methyl sites for hydroxylation is 2. The van der Waals surface area contributed by atoms with E-state index < -0.39 is 5.63 Å². The van der Waals surface area contributed by atoms with E-state index in [9.17, 15) is 4.79 Å². The number of rotatable bonds is 1. The molecule has 0 saturated heterocycles. The number of nitrogens with zero attached hydrogens (tertiary/aromatic N) is 2. The summed E-state index contributed by atoms with van der Waals surface area (Å²) in [5, 5.41) is 6.21. The van der Waals surface area contributed by atoms with Gasteiger partial charge in [-0.25, -0.2) is 4.79 Å². The summed E-state index contributed by atoms with van der Waals surface area (Å²) in [6, 6.07) is 6.49. The molecule has 102 valence electrons. The number of fused-ring (bicyclic) bond motifs is 1. The summed E-state index contributed by atoms with van der Waals surface area (Å²) in [6.45, 7) is 3.70. The van der Waals surface area contributed by atoms with Gasteiger partial charge in [-0.3, -0.25) is 0 Å². The minimum Gasteiger partial charge on any atom is -0.403 e. The first kappa shape index (κ1) is 13.2. The molecule has 0 aliphatic rings. The van der Waals surface area contributed by atoms with Crippen LogP contribution in [0.3, 0.4) is 0 Å². The molecule has 0 unspecified atom stereocenters. The van der Waals surface area contributed by atoms with Crippen LogP contribution in [-0.4, -0.2) is 9.78 Å². The lowest BCUT2D eigenvalue weighted by molar-refractivity contribution is 0.534. The van der Waals surface area contributed by atoms with Gasteiger partial charge in [0.25, 0.3) is 0 Å². The molecule has 3 aromatic rings. The molecular weight excluding hydrogens is 299 g/mol. The van der Waals surface area contributed by atoms with Crippen LogP contribution in [0.25, 0.3) is 16.8 Å². The van der Waals surface area contributed by atoms with E-state index in [1.54, 1.807) is 18.2 Å². The Labute approximate surface area is 124 Å². The molecule has 0 radical (unpaired) electrons. The van der Waals surface area contributed by atoms with Crippen molar-refractivity contribution in [2.75, 3.05) is 0 Å². The zero-order valence-electron chi connectivity index (χ0n) is 10.8. The van der Waals surface area contributed by atoms with Crippen molar-refractivity contribution in [1.82, 2.24) is 9.78 Å². The van der Waals surface area contributed by atoms with Gasteiger partial charge in [-0.2, -0.15) is 9.78 Å². The third kappa shape index (κ3) is 2.01. The van der Waals surface area contributed by atoms with Crippen LogP contribution in [0.4, 0.5) is 0 Å². The van der Waals surface area contributed by atoms with E-state index >= 15 is 0 Å². The van der Waals surface area contributed by atoms with Crippen LogP contribution >= 0.6 is 23.2 Å². The average molecular weight is 309 g/mol. The highest BCUT2D eigenvalue weighted by Gasteiger charge is 2.16. The Morgan fingerprint density at radius 2 is 1.95 bits per heavy atom. The molecule has 3 rings (SSSR count). The van der Waals surface area contributed by atoms with E-state index in [-0.39, 0.29) is 0 Å². The first-order chi connectivity index (χ1) is 9.47. The third-order valence-corrected chi connectivity index (χ3v) is 3.64. The smallest absolute Gasteiger partial charge is 0.337 e. The Morgan fingerprint density at radius 3 is 2.70 bits per heavy atom. The van der Waals surface area contributed by atoms with Crippen molar-refractivity contribution in [3.8, 4) is 5.69 Å². The minimum atomic E-state index is -0.422. The number of halogens is 2. The molecule has 0 atom stereocenters. The third-order valence-electron chi connectivity index (χ3n) is 3.08. The maximum absolute atomic E-state index is 11.6. The van der Waals surface area contributed by atoms with Crippen LogP contribution < -0.4 is 5.63 Å². The molecule has 0 saturated carbocycles. The zero-order valence-corrected chi connectivity index (χ0v) is 12.3. The van der Waals surface area contributed by atoms with Crippen LogP contribution in [0.2, 0.25) is 10.0 Å². The van der Waals surface area contributed by atoms with E-state index in [0.717, 1.165) is 16.6 Å². The predicted molar refractivity (Wildman–Crippen MR) is 79.1 cm³/mol. The zero-order chi connectivity index (χ0) is 14.4. The molecule has 20 heavy (non-hydrogen) atoms. The lowest BCUT2D eigenvalue weighted by Crippen LogP contribution is -2.02. The van der Waals surface area contributed by atoms with E-state index in [1.165, 1.54) is 10.7 Å². The minimum absolute atomic E-state index is 0.372. The van der Waals surface area contributed by atoms with Crippen molar-refractivity contribution in [2.24, 2.45) is 0 Å². The standard InChI is InChI=1S/C14H10Cl2N2O2/c1-7-5-12(19)20-14-13(7)8(2)17-18(14)11-6-9(15)3-4-10(11)16/h3-6H,1-2H3. The van der Waals surface area contributed by atoms with Gasteiger partial charge in [0.1, 0.15) is 0 Å². The van der Waals surface area contributed by atoms with Gasteiger partial charge in [0, 0.05) is 11.1 Å². The first-order valence-electron chi connectivity index (χ1n) is 5.93. The number of hydrogen-bond acceptors (Lipinski definition) is 3. The van der Waals surface area contributed by atoms with Crippen molar-refractivity contribution < 1.29 is 4.42 Å². The van der Waals surface area contributed by atoms with Gasteiger partial charge >= 0.3 is 5.63 Å². The quantitative estimate of drug-likeness (QED) is 0.685. The summed E-state index contributed by atoms with van der Waals surface area (Å²) >= 11 is 12.2. The molecule has 2 aromatic heterocycles. The molecule has 0 fully saturated rings. The Bertz CT molecular complexity index is 881. The molecule has 2 heterocycles. The van der Waals surface area contributed by atoms with Crippen molar-refractivity contribution >= 4 is 34.3 Å². The van der Waals surface area contributed by atoms with Gasteiger partial charge in [0.2, 0.25) is 5.71 Å². The normalized spacial score (nSPS) is 11.2. The maximum atomic E-state index is 11.6. The topological polar surface area (TPSA) is 48.0 Å². The van der Waals surface area contributed by atoms with Crippen LogP contribution in [0.5, 0.6) is 0 Å². The summed E-state index contributed by atoms with van der Waals surface area (Å²) in [5.74, 6) is 0. The monoisotopic (exact) mass is 308 g/mol. The molecule has 0 spiro atoms. The molecule has 6 heteroatoms. The molecule has 0 N–H and O–H groups in total. The summed E-state index contributed by atoms with van der Waals surface area (Å²) in [6.07, 6.45) is 0. The fourth-order valence-corrected chi connectivity index (χ4v) is 2.60. The van der Waals surface area contributed by atoms with E-state index in [2.05, 4.69) is 5.10 Å². The lowest BCUT2D eigenvalue weighted by Gasteiger charge is -2.05. The molecule has 0 aliphatic carbocycles. The molecule has 4 nitrogen and oxygen atoms in total. The van der Waals surface area contributed by atoms with Gasteiger partial charge in [-0.1, -0.05) is 23.2 Å². The predicted octanol–water partition coefficient (Wildman–Crippen LogP) is 3.90. The van der Waals surface area contributed by atoms with Gasteiger partial charge in [0.05, 0.1) is 21.8 Å². The first-order valence-corrected chi connectivity index (χ1v) is 6.68. The second-order valence-corrected chi connectivity index (χ2v) is 5.37. The average Bonchev–Trinajstić information content (AvgIpc) is 2.69. The highest BCUT2D eigenvalue weighted by molar-refractivity contribution is 6.34. The molecule has 1 aromatic carbocycles. The van der Waals surface area contributed by atoms with Crippen LogP contribution in [0.15, 0.2) is 33.5 Å². The molecular formula is C14H10Cl2N2O2. The highest BCUT2D eigenvalue weighted by Crippen LogP contribution is 2.29. The van der Waals surface area contributed by atoms with E-state index in [1.807, 2.05) is 13.8 Å². The molecule has 0 amide bonds. The molecule has 0 bridgehead atoms. The summed E-state index contributed by atoms with van der Waals surface area (Å²) in [4.78, 5) is 11.6. The fraction of sp³-hybridized carbons (Fsp3) is 0.143. The summed E-state index contributed by atoms with van der Waals surface area (Å²) < 4.78 is 6.79. The Kier molecular flexibility index (Phi) is 3.07. The Balaban J connectivity index is 2.43. The summed E-state index contributed by atoms with van der Waals surface area (Å²) in [7, 11) is 0. The number of hydrogen-bond donors (Lipinski definition) is 0. The van der Waals surface area contributed by atoms with Crippen LogP contribution in [-0.2, 0) is 0 Å². The van der Waals surface area contributed by atoms with Crippen molar-refractivity contribution in [2.45, 2.75) is 13.8 Å². The van der Waals surface area contributed by atoms with Gasteiger partial charge in [-0.15, -0.1) is 0 Å². The summed E-state index contributed by atoms with van der Waals surface area (Å²) in [5.41, 5.74) is 2.10. The van der Waals surface area contributed by atoms with Crippen molar-refractivity contribution in [3.63, 3.8) is 0 Å². The fourth-order valence-electron chi connectivity index (χ4n) is 2.24. The van der Waals surface area contributed by atoms with Gasteiger partial charge in [0.15, 0.2) is 0 Å². The lowest BCUT2D eigenvalue weighted by atomic mass is 10.2. The Hall–Kier alpha value is -1.78. The van der Waals surface area contributed by atoms with Gasteiger partial charge in [-0.05, 0) is 37.6 Å². The van der Waals surface area contributed by atoms with Gasteiger partial charge < -0.3 is 4.42 Å². The Morgan fingerprint density at radius 1 is 1.20 bits per heavy atom. The van der Waals surface area contributed by atoms with Crippen LogP contribution in [0.1, 0.15) is 11.3 Å². The SMILES string of the molecule is Cc1cc(=O)oc2c1c(C)nn2-c1cc(Cl)ccc1Cl.